The van der Waals surface area contributed by atoms with Gasteiger partial charge in [0.2, 0.25) is 0 Å². The Balaban J connectivity index is 1.95. The monoisotopic (exact) mass is 303 g/mol. The van der Waals surface area contributed by atoms with Crippen LogP contribution in [0.25, 0.3) is 0 Å². The predicted octanol–water partition coefficient (Wildman–Crippen LogP) is 4.61. The summed E-state index contributed by atoms with van der Waals surface area (Å²) in [4.78, 5) is 0. The van der Waals surface area contributed by atoms with Gasteiger partial charge in [0.05, 0.1) is 0 Å². The lowest BCUT2D eigenvalue weighted by Crippen LogP contribution is -2.42. The number of benzene rings is 1. The van der Waals surface area contributed by atoms with Crippen molar-refractivity contribution in [3.05, 3.63) is 35.9 Å². The van der Waals surface area contributed by atoms with Crippen LogP contribution in [0.15, 0.2) is 30.3 Å². The van der Waals surface area contributed by atoms with Crippen LogP contribution in [0.1, 0.15) is 51.5 Å². The van der Waals surface area contributed by atoms with Gasteiger partial charge in [-0.25, -0.2) is 0 Å². The molecule has 3 rings (SSSR count). The molecule has 2 aliphatic rings. The molecule has 4 unspecified atom stereocenters. The summed E-state index contributed by atoms with van der Waals surface area (Å²) < 4.78 is 0. The maximum Gasteiger partial charge on any atom is 0.00815 e. The van der Waals surface area contributed by atoms with Gasteiger partial charge >= 0.3 is 0 Å². The number of hydrogen-bond acceptors (Lipinski definition) is 2. The van der Waals surface area contributed by atoms with E-state index in [0.717, 1.165) is 17.7 Å². The fourth-order valence-electron chi connectivity index (χ4n) is 5.14. The Bertz CT molecular complexity index is 474. The van der Waals surface area contributed by atoms with Crippen molar-refractivity contribution >= 4 is 11.8 Å². The predicted molar refractivity (Wildman–Crippen MR) is 93.8 cm³/mol. The standard InChI is InChI=1S/C19H29NS/c1-3-19(16-8-6-5-7-9-16)11-15-10-18(13-19,14-20)12-17(15)21-4-2/h5-9,15,17H,3-4,10-14,20H2,1-2H3. The first-order valence-electron chi connectivity index (χ1n) is 8.54. The zero-order valence-corrected chi connectivity index (χ0v) is 14.3. The van der Waals surface area contributed by atoms with E-state index in [1.54, 1.807) is 5.56 Å². The number of hydrogen-bond donors (Lipinski definition) is 1. The van der Waals surface area contributed by atoms with Crippen LogP contribution in [-0.2, 0) is 5.41 Å². The van der Waals surface area contributed by atoms with Gasteiger partial charge < -0.3 is 5.73 Å². The lowest BCUT2D eigenvalue weighted by molar-refractivity contribution is 0.125. The van der Waals surface area contributed by atoms with E-state index in [4.69, 9.17) is 5.73 Å². The average molecular weight is 304 g/mol. The van der Waals surface area contributed by atoms with Gasteiger partial charge in [-0.05, 0) is 66.7 Å². The van der Waals surface area contributed by atoms with Crippen molar-refractivity contribution in [1.29, 1.82) is 0 Å². The molecule has 2 bridgehead atoms. The third kappa shape index (κ3) is 2.66. The fraction of sp³-hybridized carbons (Fsp3) is 0.684. The first-order valence-corrected chi connectivity index (χ1v) is 9.59. The Morgan fingerprint density at radius 3 is 2.52 bits per heavy atom. The average Bonchev–Trinajstić information content (AvgIpc) is 2.80. The van der Waals surface area contributed by atoms with Gasteiger partial charge in [-0.1, -0.05) is 44.2 Å². The molecule has 2 N–H and O–H groups in total. The summed E-state index contributed by atoms with van der Waals surface area (Å²) in [5.41, 5.74) is 8.60. The van der Waals surface area contributed by atoms with Crippen LogP contribution in [0, 0.1) is 11.3 Å². The number of nitrogens with two attached hydrogens (primary N) is 1. The highest BCUT2D eigenvalue weighted by Crippen LogP contribution is 2.61. The summed E-state index contributed by atoms with van der Waals surface area (Å²) in [6, 6.07) is 11.2. The lowest BCUT2D eigenvalue weighted by Gasteiger charge is -2.46. The molecule has 1 aromatic rings. The van der Waals surface area contributed by atoms with Crippen molar-refractivity contribution in [2.75, 3.05) is 12.3 Å². The molecule has 0 saturated heterocycles. The van der Waals surface area contributed by atoms with Crippen molar-refractivity contribution in [3.63, 3.8) is 0 Å². The molecule has 0 heterocycles. The molecule has 0 amide bonds. The second-order valence-corrected chi connectivity index (χ2v) is 8.76. The van der Waals surface area contributed by atoms with Gasteiger partial charge in [-0.15, -0.1) is 0 Å². The van der Waals surface area contributed by atoms with E-state index in [1.165, 1.54) is 37.9 Å². The highest BCUT2D eigenvalue weighted by atomic mass is 32.2. The molecule has 1 nitrogen and oxygen atoms in total. The number of thioether (sulfide) groups is 1. The summed E-state index contributed by atoms with van der Waals surface area (Å²) in [7, 11) is 0. The highest BCUT2D eigenvalue weighted by molar-refractivity contribution is 7.99. The van der Waals surface area contributed by atoms with Gasteiger partial charge in [-0.2, -0.15) is 11.8 Å². The second-order valence-electron chi connectivity index (χ2n) is 7.25. The summed E-state index contributed by atoms with van der Waals surface area (Å²) in [6.07, 6.45) is 6.64. The topological polar surface area (TPSA) is 26.0 Å². The van der Waals surface area contributed by atoms with Crippen LogP contribution in [0.3, 0.4) is 0 Å². The zero-order chi connectivity index (χ0) is 14.9. The Labute approximate surface area is 134 Å². The lowest BCUT2D eigenvalue weighted by atomic mass is 9.59. The minimum Gasteiger partial charge on any atom is -0.330 e. The van der Waals surface area contributed by atoms with E-state index in [-0.39, 0.29) is 0 Å². The highest BCUT2D eigenvalue weighted by Gasteiger charge is 2.54. The summed E-state index contributed by atoms with van der Waals surface area (Å²) in [6.45, 7) is 5.55. The van der Waals surface area contributed by atoms with E-state index in [9.17, 15) is 0 Å². The van der Waals surface area contributed by atoms with Gasteiger partial charge in [0, 0.05) is 5.25 Å². The Hall–Kier alpha value is -0.470. The molecule has 21 heavy (non-hydrogen) atoms. The Kier molecular flexibility index (Phi) is 4.38. The van der Waals surface area contributed by atoms with E-state index in [0.29, 0.717) is 10.8 Å². The first kappa shape index (κ1) is 15.4. The van der Waals surface area contributed by atoms with Crippen LogP contribution < -0.4 is 5.73 Å². The minimum absolute atomic E-state index is 0.368. The fourth-order valence-corrected chi connectivity index (χ4v) is 6.50. The molecule has 0 aliphatic heterocycles. The second kappa shape index (κ2) is 5.96. The van der Waals surface area contributed by atoms with Crippen LogP contribution in [0.5, 0.6) is 0 Å². The molecule has 116 valence electrons. The van der Waals surface area contributed by atoms with E-state index in [2.05, 4.69) is 55.9 Å². The van der Waals surface area contributed by atoms with Crippen LogP contribution >= 0.6 is 11.8 Å². The van der Waals surface area contributed by atoms with Crippen LogP contribution in [0.2, 0.25) is 0 Å². The summed E-state index contributed by atoms with van der Waals surface area (Å²) in [5.74, 6) is 2.11. The minimum atomic E-state index is 0.368. The third-order valence-electron chi connectivity index (χ3n) is 6.10. The molecule has 4 atom stereocenters. The molecule has 2 fully saturated rings. The third-order valence-corrected chi connectivity index (χ3v) is 7.41. The summed E-state index contributed by atoms with van der Waals surface area (Å²) >= 11 is 2.18. The normalized spacial score (nSPS) is 38.6. The Morgan fingerprint density at radius 1 is 1.14 bits per heavy atom. The van der Waals surface area contributed by atoms with E-state index >= 15 is 0 Å². The molecule has 0 spiro atoms. The van der Waals surface area contributed by atoms with Gasteiger partial charge in [0.1, 0.15) is 0 Å². The van der Waals surface area contributed by atoms with Crippen LogP contribution in [0.4, 0.5) is 0 Å². The van der Waals surface area contributed by atoms with Crippen molar-refractivity contribution in [2.45, 2.75) is 56.6 Å². The van der Waals surface area contributed by atoms with Crippen molar-refractivity contribution in [2.24, 2.45) is 17.1 Å². The molecule has 0 radical (unpaired) electrons. The molecule has 2 saturated carbocycles. The maximum absolute atomic E-state index is 6.28. The molecular weight excluding hydrogens is 274 g/mol. The van der Waals surface area contributed by atoms with Crippen molar-refractivity contribution < 1.29 is 0 Å². The quantitative estimate of drug-likeness (QED) is 0.860. The van der Waals surface area contributed by atoms with Gasteiger partial charge in [-0.3, -0.25) is 0 Å². The van der Waals surface area contributed by atoms with Gasteiger partial charge in [0.25, 0.3) is 0 Å². The Morgan fingerprint density at radius 2 is 1.90 bits per heavy atom. The van der Waals surface area contributed by atoms with E-state index in [1.807, 2.05) is 0 Å². The van der Waals surface area contributed by atoms with Crippen molar-refractivity contribution in [1.82, 2.24) is 0 Å². The number of fused-ring (bicyclic) bond motifs is 2. The molecule has 2 heteroatoms. The number of rotatable bonds is 5. The smallest absolute Gasteiger partial charge is 0.00815 e. The maximum atomic E-state index is 6.28. The van der Waals surface area contributed by atoms with Gasteiger partial charge in [0.15, 0.2) is 0 Å². The molecular formula is C19H29NS. The van der Waals surface area contributed by atoms with E-state index < -0.39 is 0 Å². The molecule has 0 aromatic heterocycles. The largest absolute Gasteiger partial charge is 0.330 e. The molecule has 2 aliphatic carbocycles. The SMILES string of the molecule is CCSC1CC2(CN)CC1CC(CC)(c1ccccc1)C2. The van der Waals surface area contributed by atoms with Crippen molar-refractivity contribution in [3.8, 4) is 0 Å². The first-order chi connectivity index (χ1) is 10.2. The van der Waals surface area contributed by atoms with Crippen LogP contribution in [-0.4, -0.2) is 17.5 Å². The molecule has 1 aromatic carbocycles. The summed E-state index contributed by atoms with van der Waals surface area (Å²) in [5, 5.41) is 0.843. The zero-order valence-electron chi connectivity index (χ0n) is 13.5.